The zero-order valence-corrected chi connectivity index (χ0v) is 13.2. The fraction of sp³-hybridized carbons (Fsp3) is 0.389. The summed E-state index contributed by atoms with van der Waals surface area (Å²) in [5.74, 6) is 0.990. The Labute approximate surface area is 134 Å². The lowest BCUT2D eigenvalue weighted by Gasteiger charge is -2.16. The van der Waals surface area contributed by atoms with Crippen molar-refractivity contribution in [2.75, 3.05) is 0 Å². The van der Waals surface area contributed by atoms with E-state index in [2.05, 4.69) is 4.98 Å². The van der Waals surface area contributed by atoms with E-state index in [0.717, 1.165) is 31.2 Å². The topological polar surface area (TPSA) is 61.2 Å². The third-order valence-corrected chi connectivity index (χ3v) is 4.37. The second kappa shape index (κ2) is 6.77. The fourth-order valence-electron chi connectivity index (χ4n) is 3.11. The van der Waals surface area contributed by atoms with Crippen LogP contribution in [0.2, 0.25) is 0 Å². The molecule has 2 aromatic rings. The number of carbonyl (C=O) groups is 1. The molecule has 1 aromatic carbocycles. The van der Waals surface area contributed by atoms with E-state index < -0.39 is 0 Å². The van der Waals surface area contributed by atoms with Crippen molar-refractivity contribution in [1.29, 1.82) is 0 Å². The lowest BCUT2D eigenvalue weighted by molar-refractivity contribution is 0.111. The van der Waals surface area contributed by atoms with Crippen molar-refractivity contribution in [1.82, 2.24) is 9.55 Å². The molecule has 120 valence electrons. The van der Waals surface area contributed by atoms with Gasteiger partial charge in [-0.3, -0.25) is 14.2 Å². The van der Waals surface area contributed by atoms with Crippen molar-refractivity contribution in [2.45, 2.75) is 38.2 Å². The molecular formula is C18H20N2O3. The second-order valence-electron chi connectivity index (χ2n) is 5.92. The van der Waals surface area contributed by atoms with Crippen LogP contribution < -0.4 is 10.3 Å². The van der Waals surface area contributed by atoms with Crippen LogP contribution in [-0.2, 0) is 13.7 Å². The average Bonchev–Trinajstić information content (AvgIpc) is 3.11. The van der Waals surface area contributed by atoms with Gasteiger partial charge in [0.2, 0.25) is 5.75 Å². The molecule has 1 heterocycles. The highest BCUT2D eigenvalue weighted by atomic mass is 16.5. The Morgan fingerprint density at radius 1 is 1.26 bits per heavy atom. The van der Waals surface area contributed by atoms with Gasteiger partial charge in [0.25, 0.3) is 5.56 Å². The first-order valence-electron chi connectivity index (χ1n) is 7.93. The van der Waals surface area contributed by atoms with Crippen molar-refractivity contribution >= 4 is 6.29 Å². The molecule has 3 rings (SSSR count). The molecular weight excluding hydrogens is 292 g/mol. The molecule has 0 unspecified atom stereocenters. The molecule has 5 heteroatoms. The van der Waals surface area contributed by atoms with E-state index >= 15 is 0 Å². The number of aldehydes is 1. The van der Waals surface area contributed by atoms with Crippen molar-refractivity contribution in [3.63, 3.8) is 0 Å². The van der Waals surface area contributed by atoms with Crippen LogP contribution in [0.4, 0.5) is 0 Å². The number of hydrogen-bond acceptors (Lipinski definition) is 4. The molecule has 1 fully saturated rings. The smallest absolute Gasteiger partial charge is 0.296 e. The van der Waals surface area contributed by atoms with Crippen LogP contribution in [-0.4, -0.2) is 15.8 Å². The highest BCUT2D eigenvalue weighted by Gasteiger charge is 2.24. The Morgan fingerprint density at radius 2 is 1.96 bits per heavy atom. The van der Waals surface area contributed by atoms with Crippen LogP contribution >= 0.6 is 0 Å². The monoisotopic (exact) mass is 312 g/mol. The van der Waals surface area contributed by atoms with Crippen LogP contribution in [0.3, 0.4) is 0 Å². The molecule has 1 saturated carbocycles. The minimum Gasteiger partial charge on any atom is -0.481 e. The van der Waals surface area contributed by atoms with Gasteiger partial charge >= 0.3 is 0 Å². The summed E-state index contributed by atoms with van der Waals surface area (Å²) in [6, 6.07) is 9.53. The summed E-state index contributed by atoms with van der Waals surface area (Å²) >= 11 is 0. The summed E-state index contributed by atoms with van der Waals surface area (Å²) in [6.07, 6.45) is 4.93. The number of carbonyl (C=O) groups excluding carboxylic acids is 1. The van der Waals surface area contributed by atoms with E-state index in [0.29, 0.717) is 12.1 Å². The van der Waals surface area contributed by atoms with Gasteiger partial charge < -0.3 is 4.74 Å². The third kappa shape index (κ3) is 3.18. The third-order valence-electron chi connectivity index (χ3n) is 4.37. The normalized spacial score (nSPS) is 14.8. The van der Waals surface area contributed by atoms with Crippen LogP contribution in [0.5, 0.6) is 5.75 Å². The number of benzene rings is 1. The number of rotatable bonds is 5. The molecule has 1 aromatic heterocycles. The molecule has 0 aliphatic heterocycles. The molecule has 23 heavy (non-hydrogen) atoms. The first kappa shape index (κ1) is 15.5. The van der Waals surface area contributed by atoms with E-state index in [1.165, 1.54) is 4.57 Å². The van der Waals surface area contributed by atoms with Gasteiger partial charge in [-0.15, -0.1) is 0 Å². The first-order valence-corrected chi connectivity index (χ1v) is 7.93. The molecule has 1 aliphatic rings. The van der Waals surface area contributed by atoms with E-state index in [4.69, 9.17) is 4.74 Å². The van der Waals surface area contributed by atoms with Crippen molar-refractivity contribution in [3.05, 3.63) is 57.8 Å². The number of ether oxygens (including phenoxy) is 1. The Hall–Kier alpha value is -2.43. The molecule has 1 aliphatic carbocycles. The van der Waals surface area contributed by atoms with Crippen molar-refractivity contribution < 1.29 is 9.53 Å². The summed E-state index contributed by atoms with van der Waals surface area (Å²) in [6.45, 7) is 0.237. The first-order chi connectivity index (χ1) is 11.2. The van der Waals surface area contributed by atoms with Gasteiger partial charge in [-0.2, -0.15) is 0 Å². The molecule has 0 N–H and O–H groups in total. The van der Waals surface area contributed by atoms with Gasteiger partial charge in [-0.05, 0) is 18.4 Å². The number of aromatic nitrogens is 2. The van der Waals surface area contributed by atoms with Gasteiger partial charge in [0, 0.05) is 13.0 Å². The highest BCUT2D eigenvalue weighted by Crippen LogP contribution is 2.32. The molecule has 0 saturated heterocycles. The average molecular weight is 312 g/mol. The lowest BCUT2D eigenvalue weighted by Crippen LogP contribution is -2.27. The summed E-state index contributed by atoms with van der Waals surface area (Å²) in [5, 5.41) is 0. The molecule has 5 nitrogen and oxygen atoms in total. The minimum atomic E-state index is -0.292. The molecule has 0 bridgehead atoms. The van der Waals surface area contributed by atoms with E-state index in [1.807, 2.05) is 30.3 Å². The van der Waals surface area contributed by atoms with Gasteiger partial charge in [0.1, 0.15) is 12.4 Å². The maximum atomic E-state index is 12.6. The molecule has 0 atom stereocenters. The van der Waals surface area contributed by atoms with E-state index in [1.54, 1.807) is 7.05 Å². The van der Waals surface area contributed by atoms with E-state index in [9.17, 15) is 9.59 Å². The van der Waals surface area contributed by atoms with Crippen LogP contribution in [0.1, 0.15) is 53.5 Å². The fourth-order valence-corrected chi connectivity index (χ4v) is 3.11. The largest absolute Gasteiger partial charge is 0.481 e. The Bertz CT molecular complexity index is 747. The summed E-state index contributed by atoms with van der Waals surface area (Å²) in [4.78, 5) is 28.4. The Kier molecular flexibility index (Phi) is 4.55. The number of hydrogen-bond donors (Lipinski definition) is 0. The van der Waals surface area contributed by atoms with Gasteiger partial charge in [0.05, 0.1) is 0 Å². The van der Waals surface area contributed by atoms with Crippen molar-refractivity contribution in [3.8, 4) is 5.75 Å². The quantitative estimate of drug-likeness (QED) is 0.797. The van der Waals surface area contributed by atoms with Gasteiger partial charge in [-0.25, -0.2) is 4.98 Å². The second-order valence-corrected chi connectivity index (χ2v) is 5.92. The van der Waals surface area contributed by atoms with Crippen LogP contribution in [0.25, 0.3) is 0 Å². The maximum absolute atomic E-state index is 12.6. The zero-order valence-electron chi connectivity index (χ0n) is 13.2. The summed E-state index contributed by atoms with van der Waals surface area (Å²) in [7, 11) is 1.70. The maximum Gasteiger partial charge on any atom is 0.296 e. The highest BCUT2D eigenvalue weighted by molar-refractivity contribution is 5.76. The summed E-state index contributed by atoms with van der Waals surface area (Å²) < 4.78 is 7.15. The van der Waals surface area contributed by atoms with E-state index in [-0.39, 0.29) is 29.5 Å². The van der Waals surface area contributed by atoms with Crippen LogP contribution in [0.15, 0.2) is 35.1 Å². The van der Waals surface area contributed by atoms with Crippen molar-refractivity contribution in [2.24, 2.45) is 7.05 Å². The van der Waals surface area contributed by atoms with Gasteiger partial charge in [-0.1, -0.05) is 43.2 Å². The zero-order chi connectivity index (χ0) is 16.2. The lowest BCUT2D eigenvalue weighted by atomic mass is 10.1. The molecule has 0 spiro atoms. The minimum absolute atomic E-state index is 0.0353. The standard InChI is InChI=1S/C18H20N2O3/c1-20-17(14-9-5-6-10-14)19-15(11-21)16(18(20)22)23-12-13-7-3-2-4-8-13/h2-4,7-8,11,14H,5-6,9-10,12H2,1H3. The SMILES string of the molecule is Cn1c(C2CCCC2)nc(C=O)c(OCc2ccccc2)c1=O. The Morgan fingerprint density at radius 3 is 2.61 bits per heavy atom. The molecule has 0 amide bonds. The van der Waals surface area contributed by atoms with Gasteiger partial charge in [0.15, 0.2) is 12.0 Å². The number of nitrogens with zero attached hydrogens (tertiary/aromatic N) is 2. The van der Waals surface area contributed by atoms with Crippen LogP contribution in [0, 0.1) is 0 Å². The molecule has 0 radical (unpaired) electrons. The predicted octanol–water partition coefficient (Wildman–Crippen LogP) is 2.83. The summed E-state index contributed by atoms with van der Waals surface area (Å²) in [5.41, 5.74) is 0.747. The Balaban J connectivity index is 1.92. The predicted molar refractivity (Wildman–Crippen MR) is 86.8 cm³/mol.